The van der Waals surface area contributed by atoms with Crippen LogP contribution in [0.25, 0.3) is 88.3 Å². The predicted octanol–water partition coefficient (Wildman–Crippen LogP) is 12.7. The van der Waals surface area contributed by atoms with Crippen molar-refractivity contribution in [2.75, 3.05) is 0 Å². The summed E-state index contributed by atoms with van der Waals surface area (Å²) in [6, 6.07) is 45.6. The van der Waals surface area contributed by atoms with Crippen molar-refractivity contribution in [3.05, 3.63) is 156 Å². The molecular formula is C46H32. The summed E-state index contributed by atoms with van der Waals surface area (Å²) in [5, 5.41) is 13.2. The molecule has 10 rings (SSSR count). The zero-order chi connectivity index (χ0) is 30.2. The van der Waals surface area contributed by atoms with Crippen molar-refractivity contribution in [3.63, 3.8) is 0 Å². The van der Waals surface area contributed by atoms with E-state index < -0.39 is 0 Å². The second-order valence-electron chi connectivity index (χ2n) is 13.1. The Hall–Kier alpha value is -5.46. The van der Waals surface area contributed by atoms with Crippen LogP contribution in [-0.2, 0) is 12.8 Å². The largest absolute Gasteiger partial charge is 0.0836 e. The summed E-state index contributed by atoms with van der Waals surface area (Å²) in [5.74, 6) is 0. The van der Waals surface area contributed by atoms with Crippen LogP contribution in [0.2, 0.25) is 0 Å². The summed E-state index contributed by atoms with van der Waals surface area (Å²) in [6.45, 7) is 0. The third-order valence-electron chi connectivity index (χ3n) is 10.6. The van der Waals surface area contributed by atoms with Gasteiger partial charge in [-0.3, -0.25) is 0 Å². The number of hydrogen-bond acceptors (Lipinski definition) is 0. The molecule has 8 aromatic rings. The highest BCUT2D eigenvalue weighted by Crippen LogP contribution is 2.41. The zero-order valence-corrected chi connectivity index (χ0v) is 25.7. The van der Waals surface area contributed by atoms with Crippen molar-refractivity contribution in [2.45, 2.75) is 25.7 Å². The van der Waals surface area contributed by atoms with Crippen LogP contribution in [0.1, 0.15) is 35.1 Å². The average Bonchev–Trinajstić information content (AvgIpc) is 3.14. The van der Waals surface area contributed by atoms with Crippen LogP contribution in [0.15, 0.2) is 133 Å². The fraction of sp³-hybridized carbons (Fsp3) is 0.0870. The van der Waals surface area contributed by atoms with Gasteiger partial charge in [-0.25, -0.2) is 0 Å². The maximum Gasteiger partial charge on any atom is -0.00928 e. The SMILES string of the molecule is C1=Cc2c(c3c(c4cc(-c5ccc6ccc(-c7ccc8c9ccccc9c9ccccc9c8c7)cc6c5)ccc24)C=CCC3)CC1. The van der Waals surface area contributed by atoms with Crippen LogP contribution in [0.4, 0.5) is 0 Å². The molecule has 0 N–H and O–H groups in total. The molecule has 0 atom stereocenters. The van der Waals surface area contributed by atoms with Gasteiger partial charge in [0.2, 0.25) is 0 Å². The lowest BCUT2D eigenvalue weighted by atomic mass is 9.80. The lowest BCUT2D eigenvalue weighted by Crippen LogP contribution is -2.07. The van der Waals surface area contributed by atoms with Gasteiger partial charge in [-0.15, -0.1) is 0 Å². The molecule has 0 heteroatoms. The van der Waals surface area contributed by atoms with Crippen molar-refractivity contribution < 1.29 is 0 Å². The van der Waals surface area contributed by atoms with Crippen LogP contribution in [-0.4, -0.2) is 0 Å². The minimum Gasteiger partial charge on any atom is -0.0836 e. The van der Waals surface area contributed by atoms with E-state index in [9.17, 15) is 0 Å². The van der Waals surface area contributed by atoms with E-state index in [1.165, 1.54) is 87.2 Å². The molecule has 0 bridgehead atoms. The van der Waals surface area contributed by atoms with Crippen LogP contribution in [0.3, 0.4) is 0 Å². The summed E-state index contributed by atoms with van der Waals surface area (Å²) >= 11 is 0. The van der Waals surface area contributed by atoms with Crippen molar-refractivity contribution >= 4 is 66.0 Å². The molecule has 46 heavy (non-hydrogen) atoms. The molecule has 0 radical (unpaired) electrons. The zero-order valence-electron chi connectivity index (χ0n) is 25.7. The van der Waals surface area contributed by atoms with E-state index in [0.717, 1.165) is 25.7 Å². The van der Waals surface area contributed by atoms with Crippen LogP contribution in [0, 0.1) is 0 Å². The average molecular weight is 585 g/mol. The van der Waals surface area contributed by atoms with E-state index in [4.69, 9.17) is 0 Å². The molecule has 0 amide bonds. The maximum atomic E-state index is 2.44. The highest BCUT2D eigenvalue weighted by molar-refractivity contribution is 6.25. The molecule has 8 aromatic carbocycles. The molecular weight excluding hydrogens is 553 g/mol. The highest BCUT2D eigenvalue weighted by Gasteiger charge is 2.20. The Morgan fingerprint density at radius 2 is 0.761 bits per heavy atom. The van der Waals surface area contributed by atoms with E-state index >= 15 is 0 Å². The second-order valence-corrected chi connectivity index (χ2v) is 13.1. The first-order valence-electron chi connectivity index (χ1n) is 16.6. The van der Waals surface area contributed by atoms with Crippen molar-refractivity contribution in [3.8, 4) is 22.3 Å². The normalized spacial score (nSPS) is 14.0. The number of allylic oxidation sites excluding steroid dienone is 2. The number of benzene rings is 8. The Kier molecular flexibility index (Phi) is 5.63. The Balaban J connectivity index is 1.11. The quantitative estimate of drug-likeness (QED) is 0.177. The fourth-order valence-corrected chi connectivity index (χ4v) is 8.33. The second kappa shape index (κ2) is 10.0. The van der Waals surface area contributed by atoms with E-state index in [2.05, 4.69) is 146 Å². The molecule has 216 valence electrons. The molecule has 0 saturated carbocycles. The summed E-state index contributed by atoms with van der Waals surface area (Å²) in [7, 11) is 0. The van der Waals surface area contributed by atoms with Gasteiger partial charge in [0, 0.05) is 0 Å². The van der Waals surface area contributed by atoms with Crippen molar-refractivity contribution in [1.82, 2.24) is 0 Å². The van der Waals surface area contributed by atoms with Crippen LogP contribution in [0.5, 0.6) is 0 Å². The van der Waals surface area contributed by atoms with Gasteiger partial charge in [-0.2, -0.15) is 0 Å². The fourth-order valence-electron chi connectivity index (χ4n) is 8.33. The van der Waals surface area contributed by atoms with E-state index in [1.807, 2.05) is 0 Å². The van der Waals surface area contributed by atoms with E-state index in [-0.39, 0.29) is 0 Å². The van der Waals surface area contributed by atoms with Gasteiger partial charge >= 0.3 is 0 Å². The van der Waals surface area contributed by atoms with Gasteiger partial charge in [-0.1, -0.05) is 121 Å². The molecule has 2 aliphatic rings. The summed E-state index contributed by atoms with van der Waals surface area (Å²) in [4.78, 5) is 0. The lowest BCUT2D eigenvalue weighted by Gasteiger charge is -2.24. The number of rotatable bonds is 2. The van der Waals surface area contributed by atoms with Gasteiger partial charge < -0.3 is 0 Å². The Labute approximate surface area is 268 Å². The Morgan fingerprint density at radius 1 is 0.326 bits per heavy atom. The van der Waals surface area contributed by atoms with Gasteiger partial charge in [0.05, 0.1) is 0 Å². The number of hydrogen-bond donors (Lipinski definition) is 0. The van der Waals surface area contributed by atoms with Gasteiger partial charge in [0.15, 0.2) is 0 Å². The predicted molar refractivity (Wildman–Crippen MR) is 200 cm³/mol. The monoisotopic (exact) mass is 584 g/mol. The molecule has 0 nitrogen and oxygen atoms in total. The van der Waals surface area contributed by atoms with Gasteiger partial charge in [0.25, 0.3) is 0 Å². The Morgan fingerprint density at radius 3 is 1.35 bits per heavy atom. The van der Waals surface area contributed by atoms with Gasteiger partial charge in [-0.05, 0) is 148 Å². The standard InChI is InChI=1S/C46H32/c1-3-13-39-35(9-1)37-11-5-7-15-41(37)45-27-32(21-23-43(39)45)30-19-17-29-18-20-31(26-34(29)25-30)33-22-24-44-40-14-4-2-10-36(40)38-12-6-8-16-42(38)46(44)28-33/h1,3-5,7-9,11,13-28H,2,6,10,12H2. The van der Waals surface area contributed by atoms with Crippen molar-refractivity contribution in [1.29, 1.82) is 0 Å². The first kappa shape index (κ1) is 25.8. The molecule has 0 aliphatic heterocycles. The minimum atomic E-state index is 1.14. The smallest absolute Gasteiger partial charge is 0.00928 e. The lowest BCUT2D eigenvalue weighted by molar-refractivity contribution is 0.911. The third kappa shape index (κ3) is 3.87. The first-order valence-corrected chi connectivity index (χ1v) is 16.6. The molecule has 0 heterocycles. The summed E-state index contributed by atoms with van der Waals surface area (Å²) < 4.78 is 0. The Bertz CT molecular complexity index is 2590. The molecule has 0 unspecified atom stereocenters. The minimum absolute atomic E-state index is 1.14. The third-order valence-corrected chi connectivity index (χ3v) is 10.6. The maximum absolute atomic E-state index is 2.44. The molecule has 2 aliphatic carbocycles. The van der Waals surface area contributed by atoms with Crippen LogP contribution >= 0.6 is 0 Å². The summed E-state index contributed by atoms with van der Waals surface area (Å²) in [6.07, 6.45) is 14.1. The number of fused-ring (bicyclic) bond motifs is 13. The summed E-state index contributed by atoms with van der Waals surface area (Å²) in [5.41, 5.74) is 11.1. The van der Waals surface area contributed by atoms with E-state index in [1.54, 1.807) is 11.1 Å². The topological polar surface area (TPSA) is 0 Å². The first-order chi connectivity index (χ1) is 22.8. The molecule has 0 spiro atoms. The molecule has 0 fully saturated rings. The van der Waals surface area contributed by atoms with Crippen LogP contribution < -0.4 is 0 Å². The molecule has 0 aromatic heterocycles. The van der Waals surface area contributed by atoms with Gasteiger partial charge in [0.1, 0.15) is 0 Å². The van der Waals surface area contributed by atoms with Crippen molar-refractivity contribution in [2.24, 2.45) is 0 Å². The molecule has 0 saturated heterocycles. The van der Waals surface area contributed by atoms with E-state index in [0.29, 0.717) is 0 Å². The highest BCUT2D eigenvalue weighted by atomic mass is 14.2.